The Morgan fingerprint density at radius 1 is 1.05 bits per heavy atom. The van der Waals surface area contributed by atoms with Gasteiger partial charge in [-0.25, -0.2) is 4.39 Å². The quantitative estimate of drug-likeness (QED) is 0.648. The molecule has 0 aliphatic rings. The van der Waals surface area contributed by atoms with Crippen LogP contribution in [0.25, 0.3) is 10.9 Å². The van der Waals surface area contributed by atoms with Gasteiger partial charge >= 0.3 is 0 Å². The van der Waals surface area contributed by atoms with Crippen LogP contribution >= 0.6 is 0 Å². The second-order valence-corrected chi connectivity index (χ2v) is 5.22. The molecule has 0 fully saturated rings. The highest BCUT2D eigenvalue weighted by Crippen LogP contribution is 2.23. The molecule has 0 radical (unpaired) electrons. The van der Waals surface area contributed by atoms with Crippen LogP contribution in [0.4, 0.5) is 4.39 Å². The lowest BCUT2D eigenvalue weighted by Gasteiger charge is -2.11. The van der Waals surface area contributed by atoms with E-state index < -0.39 is 0 Å². The zero-order valence-corrected chi connectivity index (χ0v) is 11.9. The van der Waals surface area contributed by atoms with Crippen molar-refractivity contribution in [3.63, 3.8) is 0 Å². The molecule has 20 heavy (non-hydrogen) atoms. The molecule has 0 atom stereocenters. The van der Waals surface area contributed by atoms with E-state index >= 15 is 0 Å². The van der Waals surface area contributed by atoms with Crippen molar-refractivity contribution in [3.8, 4) is 0 Å². The molecule has 0 saturated heterocycles. The van der Waals surface area contributed by atoms with Crippen molar-refractivity contribution in [2.24, 2.45) is 0 Å². The van der Waals surface area contributed by atoms with E-state index in [9.17, 15) is 4.39 Å². The SMILES string of the molecule is CCc1cccc2ccn(Cc3cc(F)ccc3C)c12. The Morgan fingerprint density at radius 2 is 1.90 bits per heavy atom. The highest BCUT2D eigenvalue weighted by Gasteiger charge is 2.07. The van der Waals surface area contributed by atoms with Crippen molar-refractivity contribution in [1.82, 2.24) is 4.57 Å². The van der Waals surface area contributed by atoms with Gasteiger partial charge in [0.25, 0.3) is 0 Å². The monoisotopic (exact) mass is 267 g/mol. The third-order valence-electron chi connectivity index (χ3n) is 3.90. The topological polar surface area (TPSA) is 4.93 Å². The van der Waals surface area contributed by atoms with E-state index in [4.69, 9.17) is 0 Å². The predicted octanol–water partition coefficient (Wildman–Crippen LogP) is 4.70. The van der Waals surface area contributed by atoms with Gasteiger partial charge in [0.1, 0.15) is 5.82 Å². The van der Waals surface area contributed by atoms with Crippen molar-refractivity contribution in [1.29, 1.82) is 0 Å². The first-order chi connectivity index (χ1) is 9.69. The summed E-state index contributed by atoms with van der Waals surface area (Å²) in [6.07, 6.45) is 3.09. The number of halogens is 1. The fraction of sp³-hybridized carbons (Fsp3) is 0.222. The maximum absolute atomic E-state index is 13.4. The molecule has 3 aromatic rings. The van der Waals surface area contributed by atoms with Gasteiger partial charge in [0, 0.05) is 12.7 Å². The van der Waals surface area contributed by atoms with Crippen molar-refractivity contribution >= 4 is 10.9 Å². The van der Waals surface area contributed by atoms with Crippen LogP contribution < -0.4 is 0 Å². The van der Waals surface area contributed by atoms with Gasteiger partial charge in [-0.15, -0.1) is 0 Å². The summed E-state index contributed by atoms with van der Waals surface area (Å²) in [4.78, 5) is 0. The smallest absolute Gasteiger partial charge is 0.123 e. The number of fused-ring (bicyclic) bond motifs is 1. The Morgan fingerprint density at radius 3 is 2.70 bits per heavy atom. The lowest BCUT2D eigenvalue weighted by atomic mass is 10.1. The molecular formula is C18H18FN. The number of benzene rings is 2. The summed E-state index contributed by atoms with van der Waals surface area (Å²) in [7, 11) is 0. The van der Waals surface area contributed by atoms with Gasteiger partial charge in [-0.1, -0.05) is 31.2 Å². The summed E-state index contributed by atoms with van der Waals surface area (Å²) in [5, 5.41) is 1.25. The summed E-state index contributed by atoms with van der Waals surface area (Å²) in [6, 6.07) is 13.5. The first-order valence-corrected chi connectivity index (χ1v) is 7.01. The minimum absolute atomic E-state index is 0.169. The van der Waals surface area contributed by atoms with Gasteiger partial charge in [-0.3, -0.25) is 0 Å². The largest absolute Gasteiger partial charge is 0.343 e. The fourth-order valence-electron chi connectivity index (χ4n) is 2.75. The van der Waals surface area contributed by atoms with Gasteiger partial charge in [0.05, 0.1) is 5.52 Å². The van der Waals surface area contributed by atoms with E-state index in [1.807, 2.05) is 13.0 Å². The molecule has 0 N–H and O–H groups in total. The van der Waals surface area contributed by atoms with Gasteiger partial charge in [-0.2, -0.15) is 0 Å². The summed E-state index contributed by atoms with van der Waals surface area (Å²) < 4.78 is 15.6. The minimum atomic E-state index is -0.169. The lowest BCUT2D eigenvalue weighted by Crippen LogP contribution is -2.02. The van der Waals surface area contributed by atoms with Crippen LogP contribution in [0.1, 0.15) is 23.6 Å². The third kappa shape index (κ3) is 2.22. The summed E-state index contributed by atoms with van der Waals surface area (Å²) in [5.41, 5.74) is 4.76. The lowest BCUT2D eigenvalue weighted by molar-refractivity contribution is 0.623. The fourth-order valence-corrected chi connectivity index (χ4v) is 2.75. The molecule has 0 bridgehead atoms. The van der Waals surface area contributed by atoms with E-state index in [1.54, 1.807) is 6.07 Å². The number of aryl methyl sites for hydroxylation is 2. The van der Waals surface area contributed by atoms with Crippen LogP contribution in [0.15, 0.2) is 48.7 Å². The number of hydrogen-bond donors (Lipinski definition) is 0. The first kappa shape index (κ1) is 12.9. The zero-order chi connectivity index (χ0) is 14.1. The molecule has 0 unspecified atom stereocenters. The molecule has 2 aromatic carbocycles. The van der Waals surface area contributed by atoms with Gasteiger partial charge < -0.3 is 4.57 Å². The molecule has 1 aromatic heterocycles. The highest BCUT2D eigenvalue weighted by molar-refractivity contribution is 5.83. The third-order valence-corrected chi connectivity index (χ3v) is 3.90. The Hall–Kier alpha value is -2.09. The molecule has 0 saturated carbocycles. The van der Waals surface area contributed by atoms with Crippen LogP contribution in [-0.4, -0.2) is 4.57 Å². The van der Waals surface area contributed by atoms with Crippen LogP contribution in [0.2, 0.25) is 0 Å². The predicted molar refractivity (Wildman–Crippen MR) is 81.6 cm³/mol. The number of para-hydroxylation sites is 1. The Labute approximate surface area is 118 Å². The average molecular weight is 267 g/mol. The summed E-state index contributed by atoms with van der Waals surface area (Å²) in [6.45, 7) is 4.91. The van der Waals surface area contributed by atoms with Crippen LogP contribution in [-0.2, 0) is 13.0 Å². The van der Waals surface area contributed by atoms with Crippen molar-refractivity contribution in [2.45, 2.75) is 26.8 Å². The van der Waals surface area contributed by atoms with Crippen molar-refractivity contribution in [3.05, 3.63) is 71.2 Å². The van der Waals surface area contributed by atoms with Crippen LogP contribution in [0, 0.1) is 12.7 Å². The minimum Gasteiger partial charge on any atom is -0.343 e. The van der Waals surface area contributed by atoms with Gasteiger partial charge in [0.2, 0.25) is 0 Å². The number of rotatable bonds is 3. The van der Waals surface area contributed by atoms with E-state index in [0.717, 1.165) is 17.5 Å². The highest BCUT2D eigenvalue weighted by atomic mass is 19.1. The molecule has 0 aliphatic carbocycles. The van der Waals surface area contributed by atoms with Crippen molar-refractivity contribution < 1.29 is 4.39 Å². The number of nitrogens with zero attached hydrogens (tertiary/aromatic N) is 1. The second-order valence-electron chi connectivity index (χ2n) is 5.22. The van der Waals surface area contributed by atoms with E-state index in [0.29, 0.717) is 6.54 Å². The molecule has 0 aliphatic heterocycles. The van der Waals surface area contributed by atoms with E-state index in [-0.39, 0.29) is 5.82 Å². The Balaban J connectivity index is 2.09. The molecule has 1 nitrogen and oxygen atoms in total. The summed E-state index contributed by atoms with van der Waals surface area (Å²) in [5.74, 6) is -0.169. The second kappa shape index (κ2) is 5.12. The van der Waals surface area contributed by atoms with Gasteiger partial charge in [-0.05, 0) is 53.6 Å². The van der Waals surface area contributed by atoms with Crippen LogP contribution in [0.5, 0.6) is 0 Å². The normalized spacial score (nSPS) is 11.2. The maximum atomic E-state index is 13.4. The van der Waals surface area contributed by atoms with Gasteiger partial charge in [0.15, 0.2) is 0 Å². The molecule has 0 spiro atoms. The standard InChI is InChI=1S/C18H18FN/c1-3-14-5-4-6-15-9-10-20(18(14)15)12-16-11-17(19)8-7-13(16)2/h4-11H,3,12H2,1-2H3. The molecule has 102 valence electrons. The average Bonchev–Trinajstić information content (AvgIpc) is 2.86. The molecule has 0 amide bonds. The van der Waals surface area contributed by atoms with Crippen molar-refractivity contribution in [2.75, 3.05) is 0 Å². The number of aromatic nitrogens is 1. The molecule has 1 heterocycles. The number of hydrogen-bond acceptors (Lipinski definition) is 0. The molecule has 2 heteroatoms. The Kier molecular flexibility index (Phi) is 3.31. The zero-order valence-electron chi connectivity index (χ0n) is 11.9. The molecular weight excluding hydrogens is 249 g/mol. The van der Waals surface area contributed by atoms with E-state index in [1.165, 1.54) is 22.5 Å². The summed E-state index contributed by atoms with van der Waals surface area (Å²) >= 11 is 0. The Bertz CT molecular complexity index is 755. The van der Waals surface area contributed by atoms with E-state index in [2.05, 4.69) is 42.0 Å². The molecule has 3 rings (SSSR count). The first-order valence-electron chi connectivity index (χ1n) is 7.01. The van der Waals surface area contributed by atoms with Crippen LogP contribution in [0.3, 0.4) is 0 Å². The maximum Gasteiger partial charge on any atom is 0.123 e.